The number of rotatable bonds is 5. The minimum Gasteiger partial charge on any atom is -0.353 e. The molecule has 0 spiro atoms. The lowest BCUT2D eigenvalue weighted by Gasteiger charge is -2.35. The van der Waals surface area contributed by atoms with Gasteiger partial charge < -0.3 is 15.1 Å². The number of carbonyl (C=O) groups is 2. The lowest BCUT2D eigenvalue weighted by molar-refractivity contribution is -0.133. The van der Waals surface area contributed by atoms with Gasteiger partial charge in [0.05, 0.1) is 5.52 Å². The molecule has 0 aromatic carbocycles. The zero-order valence-electron chi connectivity index (χ0n) is 17.6. The number of amides is 2. The summed E-state index contributed by atoms with van der Waals surface area (Å²) in [5.41, 5.74) is 0.998. The molecule has 1 N–H and O–H groups in total. The number of aromatic nitrogens is 4. The number of hydrogen-bond acceptors (Lipinski definition) is 6. The Morgan fingerprint density at radius 2 is 1.77 bits per heavy atom. The minimum absolute atomic E-state index is 0.0373. The van der Waals surface area contributed by atoms with Gasteiger partial charge in [-0.15, -0.1) is 0 Å². The minimum atomic E-state index is -0.284. The van der Waals surface area contributed by atoms with Crippen LogP contribution in [0.25, 0.3) is 11.2 Å². The van der Waals surface area contributed by atoms with E-state index in [0.29, 0.717) is 43.2 Å². The maximum Gasteiger partial charge on any atom is 0.329 e. The van der Waals surface area contributed by atoms with Crippen molar-refractivity contribution >= 4 is 34.6 Å². The normalized spacial score (nSPS) is 14.1. The molecular formula is C21H25N7O3. The van der Waals surface area contributed by atoms with Gasteiger partial charge in [0.25, 0.3) is 0 Å². The molecular weight excluding hydrogens is 398 g/mol. The molecule has 1 fully saturated rings. The second-order valence-electron chi connectivity index (χ2n) is 7.54. The number of hydrogen-bond donors (Lipinski definition) is 1. The molecule has 0 radical (unpaired) electrons. The van der Waals surface area contributed by atoms with Crippen LogP contribution in [0.1, 0.15) is 12.8 Å². The van der Waals surface area contributed by atoms with E-state index >= 15 is 0 Å². The summed E-state index contributed by atoms with van der Waals surface area (Å²) in [6.07, 6.45) is 1.98. The van der Waals surface area contributed by atoms with E-state index in [1.807, 2.05) is 18.2 Å². The number of pyridine rings is 2. The highest BCUT2D eigenvalue weighted by Gasteiger charge is 2.22. The summed E-state index contributed by atoms with van der Waals surface area (Å²) in [7, 11) is 3.31. The number of anilines is 2. The van der Waals surface area contributed by atoms with Gasteiger partial charge in [0, 0.05) is 59.3 Å². The van der Waals surface area contributed by atoms with Gasteiger partial charge in [0.1, 0.15) is 11.6 Å². The third-order valence-electron chi connectivity index (χ3n) is 5.55. The van der Waals surface area contributed by atoms with Gasteiger partial charge in [-0.2, -0.15) is 0 Å². The number of imidazole rings is 1. The highest BCUT2D eigenvalue weighted by molar-refractivity contribution is 5.93. The maximum absolute atomic E-state index is 12.5. The molecule has 10 heteroatoms. The highest BCUT2D eigenvalue weighted by Crippen LogP contribution is 2.15. The summed E-state index contributed by atoms with van der Waals surface area (Å²) in [5, 5.41) is 2.71. The van der Waals surface area contributed by atoms with Crippen LogP contribution in [0.15, 0.2) is 41.3 Å². The Balaban J connectivity index is 1.28. The van der Waals surface area contributed by atoms with Crippen LogP contribution in [0.2, 0.25) is 0 Å². The Labute approximate surface area is 179 Å². The highest BCUT2D eigenvalue weighted by atomic mass is 16.2. The zero-order valence-corrected chi connectivity index (χ0v) is 17.6. The summed E-state index contributed by atoms with van der Waals surface area (Å²) in [6, 6.07) is 9.18. The third kappa shape index (κ3) is 4.27. The topological polar surface area (TPSA) is 105 Å². The molecule has 4 heterocycles. The van der Waals surface area contributed by atoms with Crippen molar-refractivity contribution in [1.29, 1.82) is 0 Å². The van der Waals surface area contributed by atoms with Gasteiger partial charge in [-0.3, -0.25) is 18.7 Å². The molecule has 0 unspecified atom stereocenters. The Morgan fingerprint density at radius 3 is 2.48 bits per heavy atom. The quantitative estimate of drug-likeness (QED) is 0.649. The molecule has 2 amide bonds. The molecule has 162 valence electrons. The Bertz CT molecular complexity index is 1160. The van der Waals surface area contributed by atoms with E-state index in [1.165, 1.54) is 9.13 Å². The van der Waals surface area contributed by atoms with Crippen LogP contribution in [0.3, 0.4) is 0 Å². The first-order valence-corrected chi connectivity index (χ1v) is 10.2. The Morgan fingerprint density at radius 1 is 1.00 bits per heavy atom. The van der Waals surface area contributed by atoms with Gasteiger partial charge in [-0.25, -0.2) is 14.8 Å². The third-order valence-corrected chi connectivity index (χ3v) is 5.55. The van der Waals surface area contributed by atoms with E-state index in [4.69, 9.17) is 0 Å². The van der Waals surface area contributed by atoms with Crippen molar-refractivity contribution in [3.05, 3.63) is 47.0 Å². The summed E-state index contributed by atoms with van der Waals surface area (Å²) in [4.78, 5) is 49.5. The fraction of sp³-hybridized carbons (Fsp3) is 0.381. The van der Waals surface area contributed by atoms with Gasteiger partial charge in [0.2, 0.25) is 11.8 Å². The van der Waals surface area contributed by atoms with E-state index < -0.39 is 0 Å². The molecule has 0 atom stereocenters. The van der Waals surface area contributed by atoms with Crippen LogP contribution in [0, 0.1) is 0 Å². The molecule has 0 aliphatic carbocycles. The maximum atomic E-state index is 12.5. The van der Waals surface area contributed by atoms with Crippen LogP contribution < -0.4 is 15.9 Å². The monoisotopic (exact) mass is 423 g/mol. The van der Waals surface area contributed by atoms with Gasteiger partial charge in [-0.1, -0.05) is 6.07 Å². The smallest absolute Gasteiger partial charge is 0.329 e. The predicted octanol–water partition coefficient (Wildman–Crippen LogP) is 0.734. The number of nitrogens with one attached hydrogen (secondary N) is 1. The molecule has 31 heavy (non-hydrogen) atoms. The van der Waals surface area contributed by atoms with Gasteiger partial charge in [-0.05, 0) is 24.3 Å². The van der Waals surface area contributed by atoms with Crippen molar-refractivity contribution in [1.82, 2.24) is 24.0 Å². The van der Waals surface area contributed by atoms with Crippen LogP contribution in [0.4, 0.5) is 11.6 Å². The van der Waals surface area contributed by atoms with Crippen LogP contribution in [-0.4, -0.2) is 62.0 Å². The molecule has 1 aliphatic heterocycles. The van der Waals surface area contributed by atoms with E-state index in [-0.39, 0.29) is 30.3 Å². The first-order chi connectivity index (χ1) is 14.9. The largest absolute Gasteiger partial charge is 0.353 e. The van der Waals surface area contributed by atoms with E-state index in [2.05, 4.69) is 20.2 Å². The zero-order chi connectivity index (χ0) is 22.0. The molecule has 0 bridgehead atoms. The molecule has 1 aliphatic rings. The first-order valence-electron chi connectivity index (χ1n) is 10.2. The first kappa shape index (κ1) is 20.6. The standard InChI is InChI=1S/C21H25N7O3/c1-25-15-6-7-16(24-20(15)26(2)21(25)31)23-18(29)8-9-19(30)28-13-11-27(12-14-28)17-5-3-4-10-22-17/h3-7,10H,8-9,11-14H2,1-2H3,(H,23,24,29). The average molecular weight is 423 g/mol. The second-order valence-corrected chi connectivity index (χ2v) is 7.54. The number of aryl methyl sites for hydroxylation is 2. The summed E-state index contributed by atoms with van der Waals surface area (Å²) >= 11 is 0. The fourth-order valence-electron chi connectivity index (χ4n) is 3.75. The summed E-state index contributed by atoms with van der Waals surface area (Å²) < 4.78 is 2.93. The fourth-order valence-corrected chi connectivity index (χ4v) is 3.75. The molecule has 3 aromatic heterocycles. The predicted molar refractivity (Wildman–Crippen MR) is 117 cm³/mol. The van der Waals surface area contributed by atoms with Crippen molar-refractivity contribution in [3.8, 4) is 0 Å². The molecule has 0 saturated carbocycles. The second kappa shape index (κ2) is 8.58. The number of carbonyl (C=O) groups excluding carboxylic acids is 2. The van der Waals surface area contributed by atoms with Gasteiger partial charge >= 0.3 is 5.69 Å². The molecule has 4 rings (SSSR count). The van der Waals surface area contributed by atoms with Crippen LogP contribution in [0.5, 0.6) is 0 Å². The van der Waals surface area contributed by atoms with Crippen molar-refractivity contribution in [2.24, 2.45) is 14.1 Å². The number of nitrogens with zero attached hydrogens (tertiary/aromatic N) is 6. The lowest BCUT2D eigenvalue weighted by Crippen LogP contribution is -2.49. The van der Waals surface area contributed by atoms with E-state index in [9.17, 15) is 14.4 Å². The SMILES string of the molecule is Cn1c(=O)n(C)c2nc(NC(=O)CCC(=O)N3CCN(c4ccccn4)CC3)ccc21. The molecule has 10 nitrogen and oxygen atoms in total. The number of fused-ring (bicyclic) bond motifs is 1. The lowest BCUT2D eigenvalue weighted by atomic mass is 10.2. The van der Waals surface area contributed by atoms with E-state index in [1.54, 1.807) is 37.3 Å². The van der Waals surface area contributed by atoms with Crippen molar-refractivity contribution in [2.75, 3.05) is 36.4 Å². The van der Waals surface area contributed by atoms with Crippen molar-refractivity contribution in [3.63, 3.8) is 0 Å². The van der Waals surface area contributed by atoms with E-state index in [0.717, 1.165) is 5.82 Å². The number of piperazine rings is 1. The molecule has 1 saturated heterocycles. The van der Waals surface area contributed by atoms with Crippen LogP contribution in [-0.2, 0) is 23.7 Å². The Kier molecular flexibility index (Phi) is 5.70. The Hall–Kier alpha value is -3.69. The average Bonchev–Trinajstić information content (AvgIpc) is 3.02. The molecule has 3 aromatic rings. The van der Waals surface area contributed by atoms with Crippen molar-refractivity contribution in [2.45, 2.75) is 12.8 Å². The summed E-state index contributed by atoms with van der Waals surface area (Å²) in [5.74, 6) is 0.947. The van der Waals surface area contributed by atoms with Crippen molar-refractivity contribution < 1.29 is 9.59 Å². The summed E-state index contributed by atoms with van der Waals surface area (Å²) in [6.45, 7) is 2.65. The van der Waals surface area contributed by atoms with Gasteiger partial charge in [0.15, 0.2) is 5.65 Å². The van der Waals surface area contributed by atoms with Crippen LogP contribution >= 0.6 is 0 Å².